The van der Waals surface area contributed by atoms with E-state index >= 15 is 0 Å². The first-order chi connectivity index (χ1) is 15.4. The Hall–Kier alpha value is -2.94. The lowest BCUT2D eigenvalue weighted by Gasteiger charge is -2.39. The van der Waals surface area contributed by atoms with E-state index in [1.165, 1.54) is 5.56 Å². The minimum atomic E-state index is -0.570. The van der Waals surface area contributed by atoms with Crippen LogP contribution in [0.25, 0.3) is 0 Å². The Labute approximate surface area is 187 Å². The topological polar surface area (TPSA) is 105 Å². The number of aromatic amines is 1. The van der Waals surface area contributed by atoms with E-state index < -0.39 is 4.92 Å². The van der Waals surface area contributed by atoms with Crippen LogP contribution in [0.4, 0.5) is 5.69 Å². The van der Waals surface area contributed by atoms with Gasteiger partial charge in [-0.05, 0) is 43.2 Å². The lowest BCUT2D eigenvalue weighted by molar-refractivity contribution is -0.385. The number of aromatic nitrogens is 2. The van der Waals surface area contributed by atoms with Gasteiger partial charge in [0.2, 0.25) is 5.69 Å². The number of nitro groups is 1. The van der Waals surface area contributed by atoms with Gasteiger partial charge in [-0.15, -0.1) is 0 Å². The molecule has 0 unspecified atom stereocenters. The lowest BCUT2D eigenvalue weighted by atomic mass is 9.77. The number of para-hydroxylation sites is 1. The Morgan fingerprint density at radius 1 is 1.25 bits per heavy atom. The Morgan fingerprint density at radius 3 is 2.69 bits per heavy atom. The number of ether oxygens (including phenoxy) is 1. The SMILES string of the molecule is CC(C)COc1ccccc1CN1CCC2(CCN(C(=O)c3n[nH]cc3[N+](=O)[O-])CC2)C1. The van der Waals surface area contributed by atoms with Gasteiger partial charge >= 0.3 is 5.69 Å². The summed E-state index contributed by atoms with van der Waals surface area (Å²) < 4.78 is 6.02. The summed E-state index contributed by atoms with van der Waals surface area (Å²) in [5.41, 5.74) is 1.04. The average Bonchev–Trinajstić information content (AvgIpc) is 3.41. The van der Waals surface area contributed by atoms with Gasteiger partial charge in [-0.2, -0.15) is 5.10 Å². The number of likely N-dealkylation sites (tertiary alicyclic amines) is 2. The van der Waals surface area contributed by atoms with E-state index in [-0.39, 0.29) is 22.7 Å². The van der Waals surface area contributed by atoms with Gasteiger partial charge in [0.1, 0.15) is 11.9 Å². The van der Waals surface area contributed by atoms with Gasteiger partial charge in [0.25, 0.3) is 5.91 Å². The Bertz CT molecular complexity index is 965. The molecular formula is C23H31N5O4. The maximum atomic E-state index is 12.8. The third kappa shape index (κ3) is 4.77. The van der Waals surface area contributed by atoms with Gasteiger partial charge in [0.15, 0.2) is 0 Å². The van der Waals surface area contributed by atoms with Crippen LogP contribution in [0, 0.1) is 21.4 Å². The zero-order valence-corrected chi connectivity index (χ0v) is 18.7. The van der Waals surface area contributed by atoms with Crippen LogP contribution in [0.15, 0.2) is 30.5 Å². The Kier molecular flexibility index (Phi) is 6.45. The molecule has 0 atom stereocenters. The van der Waals surface area contributed by atoms with Crippen molar-refractivity contribution in [2.75, 3.05) is 32.8 Å². The van der Waals surface area contributed by atoms with Crippen LogP contribution in [0.1, 0.15) is 49.2 Å². The third-order valence-electron chi connectivity index (χ3n) is 6.59. The molecule has 172 valence electrons. The number of H-pyrrole nitrogens is 1. The fraction of sp³-hybridized carbons (Fsp3) is 0.565. The first-order valence-electron chi connectivity index (χ1n) is 11.3. The van der Waals surface area contributed by atoms with Gasteiger partial charge in [-0.1, -0.05) is 32.0 Å². The lowest BCUT2D eigenvalue weighted by Crippen LogP contribution is -2.44. The molecule has 9 nitrogen and oxygen atoms in total. The Morgan fingerprint density at radius 2 is 1.97 bits per heavy atom. The van der Waals surface area contributed by atoms with Gasteiger partial charge in [-0.25, -0.2) is 0 Å². The number of rotatable bonds is 7. The van der Waals surface area contributed by atoms with Crippen LogP contribution in [0.5, 0.6) is 5.75 Å². The molecule has 32 heavy (non-hydrogen) atoms. The van der Waals surface area contributed by atoms with E-state index in [1.54, 1.807) is 4.90 Å². The first kappa shape index (κ1) is 22.3. The highest BCUT2D eigenvalue weighted by Gasteiger charge is 2.42. The molecular weight excluding hydrogens is 410 g/mol. The summed E-state index contributed by atoms with van der Waals surface area (Å²) in [7, 11) is 0. The maximum Gasteiger partial charge on any atom is 0.319 e. The third-order valence-corrected chi connectivity index (χ3v) is 6.59. The van der Waals surface area contributed by atoms with Crippen LogP contribution < -0.4 is 4.74 Å². The number of piperidine rings is 1. The van der Waals surface area contributed by atoms with Crippen molar-refractivity contribution in [2.45, 2.75) is 39.7 Å². The molecule has 0 bridgehead atoms. The summed E-state index contributed by atoms with van der Waals surface area (Å²) in [6, 6.07) is 8.25. The summed E-state index contributed by atoms with van der Waals surface area (Å²) in [6.45, 7) is 9.09. The summed E-state index contributed by atoms with van der Waals surface area (Å²) in [5, 5.41) is 17.4. The van der Waals surface area contributed by atoms with E-state index in [1.807, 2.05) is 12.1 Å². The second kappa shape index (κ2) is 9.28. The van der Waals surface area contributed by atoms with Crippen molar-refractivity contribution in [3.05, 3.63) is 51.8 Å². The molecule has 1 spiro atoms. The molecule has 2 aliphatic heterocycles. The molecule has 9 heteroatoms. The maximum absolute atomic E-state index is 12.8. The number of carbonyl (C=O) groups excluding carboxylic acids is 1. The molecule has 2 aliphatic rings. The molecule has 1 N–H and O–H groups in total. The Balaban J connectivity index is 1.34. The average molecular weight is 442 g/mol. The predicted molar refractivity (Wildman–Crippen MR) is 119 cm³/mol. The monoisotopic (exact) mass is 441 g/mol. The highest BCUT2D eigenvalue weighted by molar-refractivity contribution is 5.96. The zero-order chi connectivity index (χ0) is 22.7. The molecule has 2 saturated heterocycles. The number of hydrogen-bond acceptors (Lipinski definition) is 6. The molecule has 0 aliphatic carbocycles. The highest BCUT2D eigenvalue weighted by Crippen LogP contribution is 2.41. The molecule has 2 aromatic rings. The van der Waals surface area contributed by atoms with E-state index in [0.717, 1.165) is 50.8 Å². The van der Waals surface area contributed by atoms with Crippen LogP contribution >= 0.6 is 0 Å². The molecule has 0 saturated carbocycles. The number of hydrogen-bond donors (Lipinski definition) is 1. The fourth-order valence-electron chi connectivity index (χ4n) is 4.76. The molecule has 1 aromatic heterocycles. The molecule has 3 heterocycles. The van der Waals surface area contributed by atoms with Gasteiger partial charge < -0.3 is 9.64 Å². The van der Waals surface area contributed by atoms with Gasteiger partial charge in [0.05, 0.1) is 11.5 Å². The van der Waals surface area contributed by atoms with Gasteiger partial charge in [-0.3, -0.25) is 24.9 Å². The van der Waals surface area contributed by atoms with Crippen LogP contribution in [0.2, 0.25) is 0 Å². The van der Waals surface area contributed by atoms with Crippen molar-refractivity contribution in [3.8, 4) is 5.75 Å². The highest BCUT2D eigenvalue weighted by atomic mass is 16.6. The quantitative estimate of drug-likeness (QED) is 0.521. The van der Waals surface area contributed by atoms with E-state index in [4.69, 9.17) is 4.74 Å². The van der Waals surface area contributed by atoms with Crippen molar-refractivity contribution in [3.63, 3.8) is 0 Å². The zero-order valence-electron chi connectivity index (χ0n) is 18.7. The normalized spacial score (nSPS) is 18.4. The van der Waals surface area contributed by atoms with Gasteiger partial charge in [0, 0.05) is 31.7 Å². The minimum Gasteiger partial charge on any atom is -0.493 e. The summed E-state index contributed by atoms with van der Waals surface area (Å²) in [4.78, 5) is 27.5. The molecule has 1 aromatic carbocycles. The predicted octanol–water partition coefficient (Wildman–Crippen LogP) is 3.48. The summed E-state index contributed by atoms with van der Waals surface area (Å²) >= 11 is 0. The van der Waals surface area contributed by atoms with E-state index in [9.17, 15) is 14.9 Å². The van der Waals surface area contributed by atoms with Crippen LogP contribution in [0.3, 0.4) is 0 Å². The number of amides is 1. The number of carbonyl (C=O) groups is 1. The fourth-order valence-corrected chi connectivity index (χ4v) is 4.76. The van der Waals surface area contributed by atoms with Crippen molar-refractivity contribution in [1.82, 2.24) is 20.0 Å². The summed E-state index contributed by atoms with van der Waals surface area (Å²) in [6.07, 6.45) is 4.07. The molecule has 1 amide bonds. The van der Waals surface area contributed by atoms with E-state index in [2.05, 4.69) is 41.1 Å². The standard InChI is InChI=1S/C23H31N5O4/c1-17(2)15-32-20-6-4-3-5-18(20)14-26-10-7-23(16-26)8-11-27(12-9-23)22(29)21-19(28(30)31)13-24-25-21/h3-6,13,17H,7-12,14-16H2,1-2H3,(H,24,25). The van der Waals surface area contributed by atoms with E-state index in [0.29, 0.717) is 25.6 Å². The second-order valence-corrected chi connectivity index (χ2v) is 9.44. The molecule has 0 radical (unpaired) electrons. The van der Waals surface area contributed by atoms with Crippen LogP contribution in [-0.2, 0) is 6.54 Å². The smallest absolute Gasteiger partial charge is 0.319 e. The minimum absolute atomic E-state index is 0.1000. The number of nitrogens with zero attached hydrogens (tertiary/aromatic N) is 4. The van der Waals surface area contributed by atoms with Crippen LogP contribution in [-0.4, -0.2) is 63.6 Å². The summed E-state index contributed by atoms with van der Waals surface area (Å²) in [5.74, 6) is 1.08. The molecule has 2 fully saturated rings. The van der Waals surface area contributed by atoms with Crippen molar-refractivity contribution in [2.24, 2.45) is 11.3 Å². The second-order valence-electron chi connectivity index (χ2n) is 9.44. The number of nitrogens with one attached hydrogen (secondary N) is 1. The largest absolute Gasteiger partial charge is 0.493 e. The van der Waals surface area contributed by atoms with Crippen molar-refractivity contribution < 1.29 is 14.5 Å². The van der Waals surface area contributed by atoms with Crippen molar-refractivity contribution in [1.29, 1.82) is 0 Å². The van der Waals surface area contributed by atoms with Crippen molar-refractivity contribution >= 4 is 11.6 Å². The molecule has 4 rings (SSSR count). The first-order valence-corrected chi connectivity index (χ1v) is 11.3. The number of benzene rings is 1.